The Balaban J connectivity index is 2.00. The zero-order valence-electron chi connectivity index (χ0n) is 13.8. The van der Waals surface area contributed by atoms with Crippen LogP contribution in [0.15, 0.2) is 36.4 Å². The van der Waals surface area contributed by atoms with E-state index in [1.165, 1.54) is 0 Å². The molecule has 3 rings (SSSR count). The second-order valence-electron chi connectivity index (χ2n) is 6.83. The first-order chi connectivity index (χ1) is 11.6. The summed E-state index contributed by atoms with van der Waals surface area (Å²) >= 11 is 0. The second-order valence-corrected chi connectivity index (χ2v) is 6.83. The molecular formula is C19H17F4NO. The summed E-state index contributed by atoms with van der Waals surface area (Å²) in [5.74, 6) is -2.29. The minimum atomic E-state index is -4.81. The number of hydrogen-bond donors (Lipinski definition) is 1. The number of nitrogens with one attached hydrogen (secondary N) is 1. The summed E-state index contributed by atoms with van der Waals surface area (Å²) in [6.45, 7) is 4.14. The maximum Gasteiger partial charge on any atom is 0.417 e. The van der Waals surface area contributed by atoms with Crippen molar-refractivity contribution in [3.63, 3.8) is 0 Å². The van der Waals surface area contributed by atoms with E-state index in [1.54, 1.807) is 12.1 Å². The summed E-state index contributed by atoms with van der Waals surface area (Å²) in [6, 6.07) is 7.82. The van der Waals surface area contributed by atoms with Gasteiger partial charge in [0, 0.05) is 5.69 Å². The minimum absolute atomic E-state index is 0.0643. The van der Waals surface area contributed by atoms with Crippen molar-refractivity contribution in [2.45, 2.75) is 38.3 Å². The van der Waals surface area contributed by atoms with Crippen molar-refractivity contribution in [1.82, 2.24) is 0 Å². The van der Waals surface area contributed by atoms with Crippen LogP contribution in [0.25, 0.3) is 0 Å². The van der Waals surface area contributed by atoms with Gasteiger partial charge in [-0.15, -0.1) is 0 Å². The van der Waals surface area contributed by atoms with Crippen LogP contribution in [-0.4, -0.2) is 5.91 Å². The fourth-order valence-electron chi connectivity index (χ4n) is 3.36. The van der Waals surface area contributed by atoms with Crippen LogP contribution in [0, 0.1) is 5.82 Å². The predicted molar refractivity (Wildman–Crippen MR) is 87.1 cm³/mol. The van der Waals surface area contributed by atoms with Crippen molar-refractivity contribution >= 4 is 11.6 Å². The molecule has 1 aliphatic rings. The lowest BCUT2D eigenvalue weighted by Gasteiger charge is -2.19. The Bertz CT molecular complexity index is 840. The van der Waals surface area contributed by atoms with Gasteiger partial charge in [-0.2, -0.15) is 13.2 Å². The lowest BCUT2D eigenvalue weighted by atomic mass is 9.86. The highest BCUT2D eigenvalue weighted by Gasteiger charge is 2.37. The van der Waals surface area contributed by atoms with Gasteiger partial charge in [-0.25, -0.2) is 4.39 Å². The van der Waals surface area contributed by atoms with Crippen LogP contribution < -0.4 is 5.32 Å². The van der Waals surface area contributed by atoms with Gasteiger partial charge in [0.1, 0.15) is 5.82 Å². The van der Waals surface area contributed by atoms with Gasteiger partial charge >= 0.3 is 6.18 Å². The number of halogens is 4. The fourth-order valence-corrected chi connectivity index (χ4v) is 3.36. The highest BCUT2D eigenvalue weighted by atomic mass is 19.4. The number of fused-ring (bicyclic) bond motifs is 1. The standard InChI is InChI=1S/C19H17F4NO/c1-18(2)10-9-11-12(18)5-4-8-15(11)24-17(25)16-13(19(21,22)23)6-3-7-14(16)20/h3-8H,9-10H2,1-2H3,(H,24,25). The van der Waals surface area contributed by atoms with Crippen LogP contribution in [-0.2, 0) is 18.0 Å². The number of alkyl halides is 3. The maximum atomic E-state index is 14.0. The molecule has 0 spiro atoms. The first-order valence-corrected chi connectivity index (χ1v) is 7.91. The van der Waals surface area contributed by atoms with Crippen LogP contribution in [0.4, 0.5) is 23.2 Å². The molecule has 6 heteroatoms. The van der Waals surface area contributed by atoms with Crippen molar-refractivity contribution in [2.24, 2.45) is 0 Å². The zero-order valence-corrected chi connectivity index (χ0v) is 13.8. The third-order valence-corrected chi connectivity index (χ3v) is 4.70. The third kappa shape index (κ3) is 3.13. The molecule has 0 saturated heterocycles. The predicted octanol–water partition coefficient (Wildman–Crippen LogP) is 5.32. The van der Waals surface area contributed by atoms with Crippen molar-refractivity contribution in [2.75, 3.05) is 5.32 Å². The van der Waals surface area contributed by atoms with E-state index in [9.17, 15) is 22.4 Å². The molecule has 0 fully saturated rings. The molecule has 0 heterocycles. The summed E-state index contributed by atoms with van der Waals surface area (Å²) in [6.07, 6.45) is -3.22. The molecule has 2 aromatic rings. The topological polar surface area (TPSA) is 29.1 Å². The van der Waals surface area contributed by atoms with E-state index >= 15 is 0 Å². The van der Waals surface area contributed by atoms with Gasteiger partial charge in [0.05, 0.1) is 11.1 Å². The molecule has 2 nitrogen and oxygen atoms in total. The van der Waals surface area contributed by atoms with Gasteiger partial charge in [0.2, 0.25) is 0 Å². The Kier molecular flexibility index (Phi) is 4.09. The molecule has 0 aromatic heterocycles. The number of hydrogen-bond acceptors (Lipinski definition) is 1. The average Bonchev–Trinajstić information content (AvgIpc) is 2.82. The summed E-state index contributed by atoms with van der Waals surface area (Å²) in [5, 5.41) is 2.47. The Morgan fingerprint density at radius 1 is 1.12 bits per heavy atom. The molecule has 0 bridgehead atoms. The van der Waals surface area contributed by atoms with Gasteiger partial charge in [0.15, 0.2) is 0 Å². The molecule has 1 aliphatic carbocycles. The SMILES string of the molecule is CC1(C)CCc2c(NC(=O)c3c(F)cccc3C(F)(F)F)cccc21. The smallest absolute Gasteiger partial charge is 0.322 e. The molecule has 0 unspecified atom stereocenters. The van der Waals surface area contributed by atoms with E-state index in [-0.39, 0.29) is 5.41 Å². The first kappa shape index (κ1) is 17.5. The Morgan fingerprint density at radius 3 is 2.48 bits per heavy atom. The second kappa shape index (κ2) is 5.86. The third-order valence-electron chi connectivity index (χ3n) is 4.70. The van der Waals surface area contributed by atoms with Gasteiger partial charge in [0.25, 0.3) is 5.91 Å². The number of amides is 1. The largest absolute Gasteiger partial charge is 0.417 e. The highest BCUT2D eigenvalue weighted by Crippen LogP contribution is 2.41. The fraction of sp³-hybridized carbons (Fsp3) is 0.316. The van der Waals surface area contributed by atoms with E-state index in [0.29, 0.717) is 18.2 Å². The van der Waals surface area contributed by atoms with Crippen LogP contribution in [0.1, 0.15) is 47.3 Å². The summed E-state index contributed by atoms with van der Waals surface area (Å²) in [5.41, 5.74) is 0.0541. The molecule has 1 N–H and O–H groups in total. The first-order valence-electron chi connectivity index (χ1n) is 7.91. The van der Waals surface area contributed by atoms with Crippen molar-refractivity contribution < 1.29 is 22.4 Å². The highest BCUT2D eigenvalue weighted by molar-refractivity contribution is 6.06. The summed E-state index contributed by atoms with van der Waals surface area (Å²) in [7, 11) is 0. The number of carbonyl (C=O) groups is 1. The Labute approximate surface area is 142 Å². The normalized spacial score (nSPS) is 15.8. The summed E-state index contributed by atoms with van der Waals surface area (Å²) in [4.78, 5) is 12.4. The van der Waals surface area contributed by atoms with Crippen molar-refractivity contribution in [1.29, 1.82) is 0 Å². The number of carbonyl (C=O) groups excluding carboxylic acids is 1. The maximum absolute atomic E-state index is 14.0. The van der Waals surface area contributed by atoms with E-state index < -0.39 is 29.0 Å². The van der Waals surface area contributed by atoms with Crippen LogP contribution in [0.5, 0.6) is 0 Å². The van der Waals surface area contributed by atoms with E-state index in [4.69, 9.17) is 0 Å². The molecule has 0 aliphatic heterocycles. The number of rotatable bonds is 2. The molecule has 0 atom stereocenters. The monoisotopic (exact) mass is 351 g/mol. The van der Waals surface area contributed by atoms with E-state index in [0.717, 1.165) is 29.7 Å². The van der Waals surface area contributed by atoms with E-state index in [2.05, 4.69) is 19.2 Å². The molecule has 132 valence electrons. The van der Waals surface area contributed by atoms with Crippen LogP contribution in [0.3, 0.4) is 0 Å². The van der Waals surface area contributed by atoms with E-state index in [1.807, 2.05) is 6.07 Å². The van der Waals surface area contributed by atoms with Gasteiger partial charge in [-0.05, 0) is 47.6 Å². The van der Waals surface area contributed by atoms with Crippen molar-refractivity contribution in [3.8, 4) is 0 Å². The average molecular weight is 351 g/mol. The molecule has 25 heavy (non-hydrogen) atoms. The molecule has 0 saturated carbocycles. The number of anilines is 1. The van der Waals surface area contributed by atoms with Crippen molar-refractivity contribution in [3.05, 3.63) is 64.5 Å². The number of benzene rings is 2. The molecule has 2 aromatic carbocycles. The Hall–Kier alpha value is -2.37. The minimum Gasteiger partial charge on any atom is -0.322 e. The molecular weight excluding hydrogens is 334 g/mol. The lowest BCUT2D eigenvalue weighted by molar-refractivity contribution is -0.138. The van der Waals surface area contributed by atoms with Crippen LogP contribution in [0.2, 0.25) is 0 Å². The van der Waals surface area contributed by atoms with Crippen LogP contribution >= 0.6 is 0 Å². The summed E-state index contributed by atoms with van der Waals surface area (Å²) < 4.78 is 53.3. The van der Waals surface area contributed by atoms with Gasteiger partial charge in [-0.1, -0.05) is 32.0 Å². The zero-order chi connectivity index (χ0) is 18.4. The molecule has 1 amide bonds. The quantitative estimate of drug-likeness (QED) is 0.729. The van der Waals surface area contributed by atoms with Gasteiger partial charge in [-0.3, -0.25) is 4.79 Å². The van der Waals surface area contributed by atoms with Gasteiger partial charge < -0.3 is 5.32 Å². The lowest BCUT2D eigenvalue weighted by Crippen LogP contribution is -2.21. The Morgan fingerprint density at radius 2 is 1.80 bits per heavy atom. The molecule has 0 radical (unpaired) electrons.